The van der Waals surface area contributed by atoms with Crippen LogP contribution in [0.5, 0.6) is 5.75 Å². The largest absolute Gasteiger partial charge is 0.494 e. The second kappa shape index (κ2) is 8.38. The predicted octanol–water partition coefficient (Wildman–Crippen LogP) is 4.33. The van der Waals surface area contributed by atoms with Crippen LogP contribution >= 0.6 is 0 Å². The molecule has 1 N–H and O–H groups in total. The summed E-state index contributed by atoms with van der Waals surface area (Å²) in [6.45, 7) is 3.32. The molecule has 1 aromatic rings. The molecule has 2 unspecified atom stereocenters. The van der Waals surface area contributed by atoms with Crippen LogP contribution in [0, 0.1) is 11.7 Å². The standard InChI is InChI=1S/C18H28FNO/c1-3-10-20-16-7-5-4-6-14(12-16)11-15-8-9-18(21-2)17(19)13-15/h8-9,13-14,16,20H,3-7,10-12H2,1-2H3. The van der Waals surface area contributed by atoms with Crippen molar-refractivity contribution < 1.29 is 9.13 Å². The monoisotopic (exact) mass is 293 g/mol. The topological polar surface area (TPSA) is 21.3 Å². The molecule has 0 spiro atoms. The SMILES string of the molecule is CCCNC1CCCCC(Cc2ccc(OC)c(F)c2)C1. The van der Waals surface area contributed by atoms with E-state index in [-0.39, 0.29) is 5.82 Å². The van der Waals surface area contributed by atoms with Gasteiger partial charge in [0.15, 0.2) is 11.6 Å². The van der Waals surface area contributed by atoms with Crippen molar-refractivity contribution >= 4 is 0 Å². The zero-order valence-electron chi connectivity index (χ0n) is 13.3. The molecule has 0 saturated heterocycles. The summed E-state index contributed by atoms with van der Waals surface area (Å²) in [4.78, 5) is 0. The number of nitrogens with one attached hydrogen (secondary N) is 1. The van der Waals surface area contributed by atoms with Gasteiger partial charge in [0.05, 0.1) is 7.11 Å². The van der Waals surface area contributed by atoms with Gasteiger partial charge in [-0.15, -0.1) is 0 Å². The maximum absolute atomic E-state index is 13.8. The Kier molecular flexibility index (Phi) is 6.50. The van der Waals surface area contributed by atoms with E-state index in [1.165, 1.54) is 45.6 Å². The third kappa shape index (κ3) is 4.99. The van der Waals surface area contributed by atoms with Crippen molar-refractivity contribution in [2.45, 2.75) is 57.9 Å². The van der Waals surface area contributed by atoms with Gasteiger partial charge in [-0.05, 0) is 55.8 Å². The molecule has 1 aliphatic rings. The van der Waals surface area contributed by atoms with Gasteiger partial charge in [0.2, 0.25) is 0 Å². The summed E-state index contributed by atoms with van der Waals surface area (Å²) in [5.74, 6) is 0.751. The van der Waals surface area contributed by atoms with Crippen LogP contribution in [0.4, 0.5) is 4.39 Å². The molecule has 0 heterocycles. The minimum Gasteiger partial charge on any atom is -0.494 e. The molecule has 1 saturated carbocycles. The van der Waals surface area contributed by atoms with E-state index < -0.39 is 0 Å². The lowest BCUT2D eigenvalue weighted by Crippen LogP contribution is -2.31. The molecule has 21 heavy (non-hydrogen) atoms. The molecular formula is C18H28FNO. The second-order valence-electron chi connectivity index (χ2n) is 6.21. The fourth-order valence-electron chi connectivity index (χ4n) is 3.35. The van der Waals surface area contributed by atoms with Gasteiger partial charge >= 0.3 is 0 Å². The van der Waals surface area contributed by atoms with Crippen molar-refractivity contribution in [1.29, 1.82) is 0 Å². The van der Waals surface area contributed by atoms with E-state index in [0.717, 1.165) is 18.5 Å². The summed E-state index contributed by atoms with van der Waals surface area (Å²) in [7, 11) is 1.51. The van der Waals surface area contributed by atoms with E-state index in [2.05, 4.69) is 12.2 Å². The van der Waals surface area contributed by atoms with Crippen LogP contribution in [0.1, 0.15) is 51.0 Å². The Bertz CT molecular complexity index is 435. The molecule has 2 nitrogen and oxygen atoms in total. The zero-order valence-corrected chi connectivity index (χ0v) is 13.3. The highest BCUT2D eigenvalue weighted by Gasteiger charge is 2.20. The molecule has 2 rings (SSSR count). The van der Waals surface area contributed by atoms with Crippen molar-refractivity contribution in [2.24, 2.45) is 5.92 Å². The van der Waals surface area contributed by atoms with Gasteiger partial charge in [0, 0.05) is 6.04 Å². The first-order valence-electron chi connectivity index (χ1n) is 8.28. The van der Waals surface area contributed by atoms with Gasteiger partial charge in [-0.1, -0.05) is 32.3 Å². The van der Waals surface area contributed by atoms with E-state index in [9.17, 15) is 4.39 Å². The van der Waals surface area contributed by atoms with Crippen molar-refractivity contribution in [2.75, 3.05) is 13.7 Å². The summed E-state index contributed by atoms with van der Waals surface area (Å²) in [6.07, 6.45) is 8.54. The first-order valence-corrected chi connectivity index (χ1v) is 8.28. The first kappa shape index (κ1) is 16.3. The van der Waals surface area contributed by atoms with E-state index in [1.54, 1.807) is 12.1 Å². The highest BCUT2D eigenvalue weighted by Crippen LogP contribution is 2.28. The van der Waals surface area contributed by atoms with E-state index in [1.807, 2.05) is 6.07 Å². The molecule has 1 aromatic carbocycles. The van der Waals surface area contributed by atoms with E-state index in [4.69, 9.17) is 4.74 Å². The minimum atomic E-state index is -0.246. The number of rotatable bonds is 6. The number of benzene rings is 1. The quantitative estimate of drug-likeness (QED) is 0.788. The lowest BCUT2D eigenvalue weighted by molar-refractivity contribution is 0.378. The molecule has 2 atom stereocenters. The average molecular weight is 293 g/mol. The van der Waals surface area contributed by atoms with E-state index in [0.29, 0.717) is 17.7 Å². The normalized spacial score (nSPS) is 22.8. The maximum Gasteiger partial charge on any atom is 0.165 e. The summed E-state index contributed by atoms with van der Waals surface area (Å²) in [5.41, 5.74) is 1.09. The number of methoxy groups -OCH3 is 1. The van der Waals surface area contributed by atoms with Gasteiger partial charge in [-0.3, -0.25) is 0 Å². The number of hydrogen-bond acceptors (Lipinski definition) is 2. The Morgan fingerprint density at radius 1 is 1.29 bits per heavy atom. The summed E-state index contributed by atoms with van der Waals surface area (Å²) in [5, 5.41) is 3.66. The summed E-state index contributed by atoms with van der Waals surface area (Å²) >= 11 is 0. The Hall–Kier alpha value is -1.09. The number of halogens is 1. The van der Waals surface area contributed by atoms with Gasteiger partial charge in [0.1, 0.15) is 0 Å². The van der Waals surface area contributed by atoms with Crippen molar-refractivity contribution in [1.82, 2.24) is 5.32 Å². The average Bonchev–Trinajstić information content (AvgIpc) is 2.70. The second-order valence-corrected chi connectivity index (χ2v) is 6.21. The zero-order chi connectivity index (χ0) is 15.1. The molecule has 0 radical (unpaired) electrons. The summed E-state index contributed by atoms with van der Waals surface area (Å²) < 4.78 is 18.8. The van der Waals surface area contributed by atoms with Crippen molar-refractivity contribution in [3.05, 3.63) is 29.6 Å². The van der Waals surface area contributed by atoms with E-state index >= 15 is 0 Å². The molecule has 1 fully saturated rings. The van der Waals surface area contributed by atoms with Gasteiger partial charge in [-0.2, -0.15) is 0 Å². The van der Waals surface area contributed by atoms with Crippen LogP contribution in [-0.2, 0) is 6.42 Å². The Morgan fingerprint density at radius 2 is 2.10 bits per heavy atom. The number of ether oxygens (including phenoxy) is 1. The van der Waals surface area contributed by atoms with Crippen LogP contribution in [0.2, 0.25) is 0 Å². The van der Waals surface area contributed by atoms with Crippen LogP contribution in [0.25, 0.3) is 0 Å². The van der Waals surface area contributed by atoms with Crippen LogP contribution in [0.3, 0.4) is 0 Å². The fourth-order valence-corrected chi connectivity index (χ4v) is 3.35. The highest BCUT2D eigenvalue weighted by molar-refractivity contribution is 5.29. The third-order valence-corrected chi connectivity index (χ3v) is 4.46. The lowest BCUT2D eigenvalue weighted by Gasteiger charge is -2.21. The molecule has 0 bridgehead atoms. The van der Waals surface area contributed by atoms with Gasteiger partial charge in [-0.25, -0.2) is 4.39 Å². The Balaban J connectivity index is 1.95. The van der Waals surface area contributed by atoms with Crippen molar-refractivity contribution in [3.8, 4) is 5.75 Å². The molecular weight excluding hydrogens is 265 g/mol. The Labute approximate surface area is 128 Å². The van der Waals surface area contributed by atoms with Crippen LogP contribution in [0.15, 0.2) is 18.2 Å². The smallest absolute Gasteiger partial charge is 0.165 e. The summed E-state index contributed by atoms with van der Waals surface area (Å²) in [6, 6.07) is 6.02. The molecule has 118 valence electrons. The third-order valence-electron chi connectivity index (χ3n) is 4.46. The lowest BCUT2D eigenvalue weighted by atomic mass is 9.91. The minimum absolute atomic E-state index is 0.246. The van der Waals surface area contributed by atoms with Crippen LogP contribution < -0.4 is 10.1 Å². The highest BCUT2D eigenvalue weighted by atomic mass is 19.1. The molecule has 3 heteroatoms. The Morgan fingerprint density at radius 3 is 2.81 bits per heavy atom. The molecule has 0 aromatic heterocycles. The predicted molar refractivity (Wildman–Crippen MR) is 85.3 cm³/mol. The molecule has 1 aliphatic carbocycles. The van der Waals surface area contributed by atoms with Gasteiger partial charge in [0.25, 0.3) is 0 Å². The van der Waals surface area contributed by atoms with Crippen LogP contribution in [-0.4, -0.2) is 19.7 Å². The molecule has 0 aliphatic heterocycles. The van der Waals surface area contributed by atoms with Crippen molar-refractivity contribution in [3.63, 3.8) is 0 Å². The first-order chi connectivity index (χ1) is 10.2. The fraction of sp³-hybridized carbons (Fsp3) is 0.667. The maximum atomic E-state index is 13.8. The molecule has 0 amide bonds. The van der Waals surface area contributed by atoms with Gasteiger partial charge < -0.3 is 10.1 Å². The number of hydrogen-bond donors (Lipinski definition) is 1.